The van der Waals surface area contributed by atoms with Gasteiger partial charge in [-0.3, -0.25) is 0 Å². The molecule has 0 amide bonds. The number of hydrogen-bond donors (Lipinski definition) is 1. The monoisotopic (exact) mass is 395 g/mol. The first-order valence-corrected chi connectivity index (χ1v) is 8.17. The van der Waals surface area contributed by atoms with Gasteiger partial charge in [0.05, 0.1) is 10.3 Å². The molecular weight excluding hydrogens is 382 g/mol. The van der Waals surface area contributed by atoms with Crippen molar-refractivity contribution in [2.75, 3.05) is 0 Å². The fourth-order valence-corrected chi connectivity index (χ4v) is 4.61. The number of benzene rings is 2. The molecule has 2 aliphatic rings. The van der Waals surface area contributed by atoms with Crippen LogP contribution >= 0.6 is 40.3 Å². The summed E-state index contributed by atoms with van der Waals surface area (Å²) in [7, 11) is 0. The van der Waals surface area contributed by atoms with E-state index in [1.54, 1.807) is 11.8 Å². The van der Waals surface area contributed by atoms with Gasteiger partial charge in [-0.15, -0.1) is 28.7 Å². The number of rotatable bonds is 1. The molecule has 22 heavy (non-hydrogen) atoms. The Balaban J connectivity index is 0.00000144. The van der Waals surface area contributed by atoms with Crippen molar-refractivity contribution in [3.8, 4) is 11.1 Å². The Morgan fingerprint density at radius 2 is 2.00 bits per heavy atom. The summed E-state index contributed by atoms with van der Waals surface area (Å²) in [6.07, 6.45) is 0.853. The first-order chi connectivity index (χ1) is 10.1. The standard InChI is InChI=1S/C17H14ClNOS.BrH/c1-10-19-17(20)15-6-5-12(7-13(15)9-16(17)21-10)11-3-2-4-14(18)8-11;/h2-8,16,20H,9H2,1H3;1H. The molecule has 2 nitrogen and oxygen atoms in total. The lowest BCUT2D eigenvalue weighted by Crippen LogP contribution is -2.27. The molecule has 1 N–H and O–H groups in total. The highest BCUT2D eigenvalue weighted by Gasteiger charge is 2.49. The molecule has 1 aliphatic carbocycles. The number of halogens is 2. The van der Waals surface area contributed by atoms with Crippen LogP contribution in [0.4, 0.5) is 0 Å². The van der Waals surface area contributed by atoms with Gasteiger partial charge in [0.2, 0.25) is 0 Å². The van der Waals surface area contributed by atoms with Crippen LogP contribution in [0.1, 0.15) is 18.1 Å². The van der Waals surface area contributed by atoms with Crippen molar-refractivity contribution in [2.45, 2.75) is 24.3 Å². The normalized spacial score (nSPS) is 25.2. The van der Waals surface area contributed by atoms with Gasteiger partial charge >= 0.3 is 0 Å². The zero-order valence-corrected chi connectivity index (χ0v) is 15.2. The minimum Gasteiger partial charge on any atom is -0.365 e. The summed E-state index contributed by atoms with van der Waals surface area (Å²) >= 11 is 7.74. The molecular formula is C17H15BrClNOS. The largest absolute Gasteiger partial charge is 0.365 e. The maximum Gasteiger partial charge on any atom is 0.196 e. The quantitative estimate of drug-likeness (QED) is 0.749. The number of aliphatic hydroxyl groups is 1. The number of nitrogens with zero attached hydrogens (tertiary/aromatic N) is 1. The smallest absolute Gasteiger partial charge is 0.196 e. The molecule has 5 heteroatoms. The summed E-state index contributed by atoms with van der Waals surface area (Å²) in [5, 5.41) is 12.6. The molecule has 114 valence electrons. The van der Waals surface area contributed by atoms with Gasteiger partial charge in [0, 0.05) is 10.6 Å². The third kappa shape index (κ3) is 2.42. The molecule has 0 bridgehead atoms. The molecule has 2 unspecified atom stereocenters. The minimum atomic E-state index is -1.03. The predicted octanol–water partition coefficient (Wildman–Crippen LogP) is 4.82. The molecule has 0 fully saturated rings. The van der Waals surface area contributed by atoms with E-state index < -0.39 is 5.72 Å². The molecule has 0 spiro atoms. The summed E-state index contributed by atoms with van der Waals surface area (Å²) in [4.78, 5) is 4.45. The molecule has 4 rings (SSSR count). The van der Waals surface area contributed by atoms with Crippen LogP contribution in [0.5, 0.6) is 0 Å². The van der Waals surface area contributed by atoms with Crippen molar-refractivity contribution in [3.05, 3.63) is 58.6 Å². The van der Waals surface area contributed by atoms with Gasteiger partial charge in [0.1, 0.15) is 0 Å². The minimum absolute atomic E-state index is 0. The van der Waals surface area contributed by atoms with Crippen LogP contribution in [0, 0.1) is 0 Å². The highest BCUT2D eigenvalue weighted by molar-refractivity contribution is 8.93. The van der Waals surface area contributed by atoms with Crippen LogP contribution in [0.25, 0.3) is 11.1 Å². The van der Waals surface area contributed by atoms with Crippen LogP contribution in [0.15, 0.2) is 47.5 Å². The molecule has 2 aromatic carbocycles. The molecule has 1 heterocycles. The fraction of sp³-hybridized carbons (Fsp3) is 0.235. The van der Waals surface area contributed by atoms with Crippen LogP contribution in [-0.4, -0.2) is 15.4 Å². The summed E-state index contributed by atoms with van der Waals surface area (Å²) in [6.45, 7) is 1.96. The average Bonchev–Trinajstić information content (AvgIpc) is 2.87. The van der Waals surface area contributed by atoms with Gasteiger partial charge in [0.25, 0.3) is 0 Å². The van der Waals surface area contributed by atoms with Crippen molar-refractivity contribution < 1.29 is 5.11 Å². The predicted molar refractivity (Wildman–Crippen MR) is 99.3 cm³/mol. The summed E-state index contributed by atoms with van der Waals surface area (Å²) in [5.74, 6) is 0. The summed E-state index contributed by atoms with van der Waals surface area (Å²) in [6, 6.07) is 14.0. The second-order valence-corrected chi connectivity index (χ2v) is 7.38. The lowest BCUT2D eigenvalue weighted by atomic mass is 9.99. The topological polar surface area (TPSA) is 32.6 Å². The van der Waals surface area contributed by atoms with Crippen LogP contribution in [0.2, 0.25) is 5.02 Å². The Morgan fingerprint density at radius 3 is 2.77 bits per heavy atom. The molecule has 1 aliphatic heterocycles. The maximum absolute atomic E-state index is 10.8. The highest BCUT2D eigenvalue weighted by Crippen LogP contribution is 2.49. The SMILES string of the molecule is Br.CC1=NC2(O)c3ccc(-c4cccc(Cl)c4)cc3CC2S1. The van der Waals surface area contributed by atoms with E-state index in [-0.39, 0.29) is 22.2 Å². The number of hydrogen-bond acceptors (Lipinski definition) is 3. The molecule has 2 atom stereocenters. The third-order valence-electron chi connectivity index (χ3n) is 4.15. The van der Waals surface area contributed by atoms with Crippen LogP contribution in [-0.2, 0) is 12.1 Å². The summed E-state index contributed by atoms with van der Waals surface area (Å²) in [5.41, 5.74) is 3.33. The van der Waals surface area contributed by atoms with Crippen molar-refractivity contribution in [3.63, 3.8) is 0 Å². The van der Waals surface area contributed by atoms with Gasteiger partial charge in [0.15, 0.2) is 5.72 Å². The van der Waals surface area contributed by atoms with Crippen LogP contribution in [0.3, 0.4) is 0 Å². The second kappa shape index (κ2) is 5.68. The van der Waals surface area contributed by atoms with Gasteiger partial charge < -0.3 is 5.11 Å². The Hall–Kier alpha value is -0.810. The summed E-state index contributed by atoms with van der Waals surface area (Å²) < 4.78 is 0. The molecule has 2 aromatic rings. The number of fused-ring (bicyclic) bond motifs is 3. The Labute approximate surface area is 149 Å². The number of thioether (sulfide) groups is 1. The van der Waals surface area contributed by atoms with Gasteiger partial charge in [-0.25, -0.2) is 4.99 Å². The van der Waals surface area contributed by atoms with Gasteiger partial charge in [-0.05, 0) is 42.2 Å². The van der Waals surface area contributed by atoms with E-state index in [9.17, 15) is 5.11 Å². The molecule has 0 aromatic heterocycles. The molecule has 0 saturated heterocycles. The highest BCUT2D eigenvalue weighted by atomic mass is 79.9. The van der Waals surface area contributed by atoms with Gasteiger partial charge in [-0.2, -0.15) is 0 Å². The second-order valence-electron chi connectivity index (χ2n) is 5.55. The van der Waals surface area contributed by atoms with E-state index in [4.69, 9.17) is 11.6 Å². The van der Waals surface area contributed by atoms with E-state index in [1.165, 1.54) is 5.56 Å². The fourth-order valence-electron chi connectivity index (χ4n) is 3.21. The Bertz CT molecular complexity index is 779. The zero-order valence-electron chi connectivity index (χ0n) is 11.9. The van der Waals surface area contributed by atoms with Crippen molar-refractivity contribution in [1.29, 1.82) is 0 Å². The Kier molecular flexibility index (Phi) is 4.14. The van der Waals surface area contributed by atoms with Crippen LogP contribution < -0.4 is 0 Å². The van der Waals surface area contributed by atoms with Crippen molar-refractivity contribution >= 4 is 45.4 Å². The average molecular weight is 397 g/mol. The lowest BCUT2D eigenvalue weighted by Gasteiger charge is -2.19. The van der Waals surface area contributed by atoms with E-state index in [0.717, 1.165) is 33.2 Å². The maximum atomic E-state index is 10.8. The van der Waals surface area contributed by atoms with E-state index in [2.05, 4.69) is 17.1 Å². The lowest BCUT2D eigenvalue weighted by molar-refractivity contribution is 0.0580. The molecule has 0 radical (unpaired) electrons. The third-order valence-corrected chi connectivity index (χ3v) is 5.60. The van der Waals surface area contributed by atoms with Gasteiger partial charge in [-0.1, -0.05) is 41.9 Å². The van der Waals surface area contributed by atoms with E-state index in [0.29, 0.717) is 0 Å². The van der Waals surface area contributed by atoms with Crippen molar-refractivity contribution in [2.24, 2.45) is 4.99 Å². The van der Waals surface area contributed by atoms with E-state index in [1.807, 2.05) is 37.3 Å². The zero-order chi connectivity index (χ0) is 14.6. The Morgan fingerprint density at radius 1 is 1.23 bits per heavy atom. The first kappa shape index (κ1) is 16.1. The first-order valence-electron chi connectivity index (χ1n) is 6.91. The number of aliphatic imine (C=N–C) groups is 1. The van der Waals surface area contributed by atoms with Crippen molar-refractivity contribution in [1.82, 2.24) is 0 Å². The molecule has 0 saturated carbocycles. The van der Waals surface area contributed by atoms with E-state index >= 15 is 0 Å².